The van der Waals surface area contributed by atoms with Gasteiger partial charge < -0.3 is 20.4 Å². The maximum atomic E-state index is 11.1. The van der Waals surface area contributed by atoms with Crippen LogP contribution >= 0.6 is 0 Å². The van der Waals surface area contributed by atoms with Crippen LogP contribution in [0.1, 0.15) is 20.7 Å². The average molecular weight is 400 g/mol. The van der Waals surface area contributed by atoms with Gasteiger partial charge in [-0.05, 0) is 42.5 Å². The van der Waals surface area contributed by atoms with E-state index in [0.717, 1.165) is 18.2 Å². The molecule has 0 bridgehead atoms. The van der Waals surface area contributed by atoms with Crippen LogP contribution in [-0.2, 0) is 9.59 Å². The zero-order chi connectivity index (χ0) is 21.6. The maximum absolute atomic E-state index is 11.1. The van der Waals surface area contributed by atoms with Crippen molar-refractivity contribution >= 4 is 40.9 Å². The minimum absolute atomic E-state index is 0.0109. The zero-order valence-corrected chi connectivity index (χ0v) is 14.3. The summed E-state index contributed by atoms with van der Waals surface area (Å²) in [7, 11) is 0. The van der Waals surface area contributed by atoms with Gasteiger partial charge in [0, 0.05) is 0 Å². The number of carboxylic acid groups (broad SMARTS) is 4. The Hall–Kier alpha value is -4.48. The van der Waals surface area contributed by atoms with Crippen molar-refractivity contribution in [2.45, 2.75) is 6.04 Å². The third-order valence-electron chi connectivity index (χ3n) is 3.30. The Morgan fingerprint density at radius 1 is 0.621 bits per heavy atom. The first-order valence-electron chi connectivity index (χ1n) is 7.67. The lowest BCUT2D eigenvalue weighted by molar-refractivity contribution is -0.149. The van der Waals surface area contributed by atoms with Crippen molar-refractivity contribution < 1.29 is 39.6 Å². The summed E-state index contributed by atoms with van der Waals surface area (Å²) in [5.41, 5.74) is -0.0640. The van der Waals surface area contributed by atoms with Crippen molar-refractivity contribution in [3.63, 3.8) is 0 Å². The lowest BCUT2D eigenvalue weighted by Gasteiger charge is -2.01. The molecular formula is C17H12N4O8. The molecule has 0 amide bonds. The molecule has 0 radical (unpaired) electrons. The van der Waals surface area contributed by atoms with Gasteiger partial charge in [-0.3, -0.25) is 0 Å². The third-order valence-corrected chi connectivity index (χ3v) is 3.30. The molecule has 0 aliphatic carbocycles. The van der Waals surface area contributed by atoms with Crippen LogP contribution < -0.4 is 0 Å². The number of carboxylic acids is 4. The van der Waals surface area contributed by atoms with E-state index in [1.807, 2.05) is 0 Å². The number of aliphatic carboxylic acids is 2. The molecule has 2 aromatic rings. The van der Waals surface area contributed by atoms with Gasteiger partial charge in [-0.2, -0.15) is 20.5 Å². The van der Waals surface area contributed by atoms with Crippen molar-refractivity contribution in [1.29, 1.82) is 0 Å². The smallest absolute Gasteiger partial charge is 0.342 e. The van der Waals surface area contributed by atoms with Gasteiger partial charge in [0.2, 0.25) is 0 Å². The second kappa shape index (κ2) is 8.94. The molecular weight excluding hydrogens is 388 g/mol. The summed E-state index contributed by atoms with van der Waals surface area (Å²) in [6.07, 6.45) is 0. The predicted octanol–water partition coefficient (Wildman–Crippen LogP) is 3.12. The molecule has 148 valence electrons. The van der Waals surface area contributed by atoms with E-state index in [1.165, 1.54) is 24.3 Å². The summed E-state index contributed by atoms with van der Waals surface area (Å²) >= 11 is 0. The summed E-state index contributed by atoms with van der Waals surface area (Å²) in [5.74, 6) is -5.95. The Morgan fingerprint density at radius 3 is 1.45 bits per heavy atom. The van der Waals surface area contributed by atoms with Gasteiger partial charge in [0.1, 0.15) is 0 Å². The molecule has 0 saturated heterocycles. The van der Waals surface area contributed by atoms with Crippen molar-refractivity contribution in [1.82, 2.24) is 0 Å². The molecule has 0 fully saturated rings. The highest BCUT2D eigenvalue weighted by Gasteiger charge is 2.25. The van der Waals surface area contributed by atoms with E-state index in [1.54, 1.807) is 0 Å². The van der Waals surface area contributed by atoms with Crippen LogP contribution in [0.25, 0.3) is 0 Å². The van der Waals surface area contributed by atoms with Crippen molar-refractivity contribution in [2.24, 2.45) is 20.5 Å². The second-order valence-corrected chi connectivity index (χ2v) is 5.39. The Morgan fingerprint density at radius 2 is 1.03 bits per heavy atom. The fourth-order valence-corrected chi connectivity index (χ4v) is 1.95. The first kappa shape index (κ1) is 20.8. The van der Waals surface area contributed by atoms with Crippen LogP contribution in [-0.4, -0.2) is 50.3 Å². The Balaban J connectivity index is 2.20. The van der Waals surface area contributed by atoms with Crippen molar-refractivity contribution in [3.8, 4) is 0 Å². The van der Waals surface area contributed by atoms with E-state index in [2.05, 4.69) is 20.5 Å². The van der Waals surface area contributed by atoms with Crippen LogP contribution in [0.2, 0.25) is 0 Å². The molecule has 0 atom stereocenters. The highest BCUT2D eigenvalue weighted by atomic mass is 16.4. The minimum Gasteiger partial charge on any atom is -0.479 e. The Labute approximate surface area is 161 Å². The molecule has 0 unspecified atom stereocenters. The molecule has 4 N–H and O–H groups in total. The molecule has 29 heavy (non-hydrogen) atoms. The standard InChI is InChI=1S/C17H12N4O8/c22-14(23)8-5-9(15(24)25)7-12(6-8)20-18-10-1-3-11(4-2-10)19-21-13(16(26)27)17(28)29/h1-7,13H,(H,22,23)(H,24,25)(H,26,27)(H,28,29). The number of hydrogen-bond donors (Lipinski definition) is 4. The van der Waals surface area contributed by atoms with Crippen LogP contribution in [0.4, 0.5) is 17.1 Å². The molecule has 12 heteroatoms. The maximum Gasteiger partial charge on any atom is 0.342 e. The zero-order valence-electron chi connectivity index (χ0n) is 14.3. The summed E-state index contributed by atoms with van der Waals surface area (Å²) in [6.45, 7) is 0. The molecule has 2 aromatic carbocycles. The summed E-state index contributed by atoms with van der Waals surface area (Å²) in [6, 6.07) is 6.83. The number of azo groups is 2. The molecule has 0 saturated carbocycles. The molecule has 0 aliphatic heterocycles. The molecule has 0 aromatic heterocycles. The van der Waals surface area contributed by atoms with Crippen LogP contribution in [0.15, 0.2) is 62.9 Å². The Bertz CT molecular complexity index is 984. The number of nitrogens with zero attached hydrogens (tertiary/aromatic N) is 4. The van der Waals surface area contributed by atoms with Crippen LogP contribution in [0.5, 0.6) is 0 Å². The van der Waals surface area contributed by atoms with Gasteiger partial charge in [0.05, 0.1) is 28.2 Å². The Kier molecular flexibility index (Phi) is 6.42. The first-order valence-corrected chi connectivity index (χ1v) is 7.67. The largest absolute Gasteiger partial charge is 0.479 e. The van der Waals surface area contributed by atoms with E-state index in [0.29, 0.717) is 0 Å². The van der Waals surface area contributed by atoms with E-state index in [9.17, 15) is 19.2 Å². The highest BCUT2D eigenvalue weighted by molar-refractivity contribution is 5.97. The second-order valence-electron chi connectivity index (χ2n) is 5.39. The third kappa shape index (κ3) is 5.75. The quantitative estimate of drug-likeness (QED) is 0.382. The molecule has 0 aliphatic rings. The number of carbonyl (C=O) groups is 4. The van der Waals surface area contributed by atoms with Crippen molar-refractivity contribution in [3.05, 3.63) is 53.6 Å². The number of hydrogen-bond acceptors (Lipinski definition) is 8. The summed E-state index contributed by atoms with van der Waals surface area (Å²) < 4.78 is 0. The van der Waals surface area contributed by atoms with Gasteiger partial charge in [-0.25, -0.2) is 19.2 Å². The average Bonchev–Trinajstić information content (AvgIpc) is 2.66. The highest BCUT2D eigenvalue weighted by Crippen LogP contribution is 2.24. The molecule has 12 nitrogen and oxygen atoms in total. The van der Waals surface area contributed by atoms with Gasteiger partial charge in [0.25, 0.3) is 6.04 Å². The molecule has 0 heterocycles. The van der Waals surface area contributed by atoms with Gasteiger partial charge in [0.15, 0.2) is 0 Å². The van der Waals surface area contributed by atoms with E-state index in [4.69, 9.17) is 20.4 Å². The lowest BCUT2D eigenvalue weighted by Crippen LogP contribution is -2.27. The number of rotatable bonds is 8. The van der Waals surface area contributed by atoms with Crippen LogP contribution in [0.3, 0.4) is 0 Å². The summed E-state index contributed by atoms with van der Waals surface area (Å²) in [4.78, 5) is 43.6. The minimum atomic E-state index is -2.03. The normalized spacial score (nSPS) is 11.2. The summed E-state index contributed by atoms with van der Waals surface area (Å²) in [5, 5.41) is 49.9. The fourth-order valence-electron chi connectivity index (χ4n) is 1.95. The lowest BCUT2D eigenvalue weighted by atomic mass is 10.1. The fraction of sp³-hybridized carbons (Fsp3) is 0.0588. The molecule has 2 rings (SSSR count). The van der Waals surface area contributed by atoms with E-state index in [-0.39, 0.29) is 28.2 Å². The topological polar surface area (TPSA) is 199 Å². The van der Waals surface area contributed by atoms with Crippen molar-refractivity contribution in [2.75, 3.05) is 0 Å². The first-order chi connectivity index (χ1) is 13.7. The van der Waals surface area contributed by atoms with Crippen LogP contribution in [0, 0.1) is 0 Å². The SMILES string of the molecule is O=C(O)c1cc(N=Nc2ccc(N=NC(C(=O)O)C(=O)O)cc2)cc(C(=O)O)c1. The van der Waals surface area contributed by atoms with Gasteiger partial charge >= 0.3 is 23.9 Å². The molecule has 0 spiro atoms. The van der Waals surface area contributed by atoms with Gasteiger partial charge in [-0.15, -0.1) is 0 Å². The predicted molar refractivity (Wildman–Crippen MR) is 94.6 cm³/mol. The number of benzene rings is 2. The number of aromatic carboxylic acids is 2. The van der Waals surface area contributed by atoms with E-state index < -0.39 is 29.9 Å². The van der Waals surface area contributed by atoms with Gasteiger partial charge in [-0.1, -0.05) is 0 Å². The monoisotopic (exact) mass is 400 g/mol. The van der Waals surface area contributed by atoms with E-state index >= 15 is 0 Å².